The minimum Gasteiger partial charge on any atom is -0.354 e. The van der Waals surface area contributed by atoms with Crippen molar-refractivity contribution in [3.05, 3.63) is 41.5 Å². The van der Waals surface area contributed by atoms with E-state index in [4.69, 9.17) is 0 Å². The first kappa shape index (κ1) is 18.7. The number of nitrogens with one attached hydrogen (secondary N) is 2. The van der Waals surface area contributed by atoms with Crippen molar-refractivity contribution in [2.24, 2.45) is 0 Å². The Kier molecular flexibility index (Phi) is 6.57. The minimum absolute atomic E-state index is 0.167. The smallest absolute Gasteiger partial charge is 0.241 e. The lowest BCUT2D eigenvalue weighted by atomic mass is 9.97. The summed E-state index contributed by atoms with van der Waals surface area (Å²) in [6, 6.07) is 5.74. The number of carbonyl (C=O) groups excluding carboxylic acids is 1. The van der Waals surface area contributed by atoms with Crippen LogP contribution in [0.25, 0.3) is 0 Å². The van der Waals surface area contributed by atoms with Crippen molar-refractivity contribution in [3.8, 4) is 0 Å². The van der Waals surface area contributed by atoms with E-state index in [2.05, 4.69) is 16.1 Å². The predicted octanol–water partition coefficient (Wildman–Crippen LogP) is 2.67. The van der Waals surface area contributed by atoms with Crippen LogP contribution in [0.1, 0.15) is 44.6 Å². The van der Waals surface area contributed by atoms with E-state index in [-0.39, 0.29) is 10.8 Å². The molecule has 24 heavy (non-hydrogen) atoms. The van der Waals surface area contributed by atoms with Crippen molar-refractivity contribution < 1.29 is 13.2 Å². The van der Waals surface area contributed by atoms with Gasteiger partial charge >= 0.3 is 0 Å². The molecule has 1 aliphatic carbocycles. The summed E-state index contributed by atoms with van der Waals surface area (Å²) in [5, 5.41) is 2.81. The van der Waals surface area contributed by atoms with Gasteiger partial charge in [0, 0.05) is 6.54 Å². The zero-order valence-electron chi connectivity index (χ0n) is 14.3. The van der Waals surface area contributed by atoms with Crippen LogP contribution < -0.4 is 10.0 Å². The highest BCUT2D eigenvalue weighted by molar-refractivity contribution is 7.89. The number of allylic oxidation sites excluding steroid dienone is 1. The van der Waals surface area contributed by atoms with E-state index < -0.39 is 16.1 Å². The second-order valence-electron chi connectivity index (χ2n) is 6.31. The van der Waals surface area contributed by atoms with E-state index >= 15 is 0 Å². The van der Waals surface area contributed by atoms with Crippen LogP contribution in [-0.4, -0.2) is 26.9 Å². The quantitative estimate of drug-likeness (QED) is 0.743. The fraction of sp³-hybridized carbons (Fsp3) is 0.500. The molecule has 1 aliphatic rings. The van der Waals surface area contributed by atoms with Crippen LogP contribution in [0.2, 0.25) is 0 Å². The molecule has 0 saturated carbocycles. The monoisotopic (exact) mass is 350 g/mol. The molecular weight excluding hydrogens is 324 g/mol. The third-order valence-corrected chi connectivity index (χ3v) is 5.74. The maximum Gasteiger partial charge on any atom is 0.241 e. The number of hydrogen-bond donors (Lipinski definition) is 2. The fourth-order valence-corrected chi connectivity index (χ4v) is 3.91. The summed E-state index contributed by atoms with van der Waals surface area (Å²) in [5.74, 6) is -0.304. The molecular formula is C18H26N2O3S. The first-order chi connectivity index (χ1) is 11.4. The molecule has 1 aromatic rings. The molecule has 0 aliphatic heterocycles. The van der Waals surface area contributed by atoms with Crippen molar-refractivity contribution in [1.82, 2.24) is 10.0 Å². The van der Waals surface area contributed by atoms with E-state index in [0.717, 1.165) is 24.8 Å². The lowest BCUT2D eigenvalue weighted by Crippen LogP contribution is -2.45. The Morgan fingerprint density at radius 2 is 1.92 bits per heavy atom. The second-order valence-corrected chi connectivity index (χ2v) is 8.02. The van der Waals surface area contributed by atoms with E-state index in [0.29, 0.717) is 6.54 Å². The molecule has 1 atom stereocenters. The molecule has 2 N–H and O–H groups in total. The topological polar surface area (TPSA) is 75.3 Å². The van der Waals surface area contributed by atoms with Crippen LogP contribution in [-0.2, 0) is 14.8 Å². The summed E-state index contributed by atoms with van der Waals surface area (Å²) in [7, 11) is -3.69. The predicted molar refractivity (Wildman–Crippen MR) is 95.1 cm³/mol. The molecule has 0 unspecified atom stereocenters. The van der Waals surface area contributed by atoms with Gasteiger partial charge in [0.2, 0.25) is 15.9 Å². The Labute approximate surface area is 144 Å². The Hall–Kier alpha value is -1.66. The molecule has 6 heteroatoms. The zero-order valence-corrected chi connectivity index (χ0v) is 15.2. The van der Waals surface area contributed by atoms with E-state index in [1.54, 1.807) is 19.1 Å². The largest absolute Gasteiger partial charge is 0.354 e. The number of benzene rings is 1. The van der Waals surface area contributed by atoms with Gasteiger partial charge in [-0.2, -0.15) is 4.72 Å². The number of rotatable bonds is 7. The summed E-state index contributed by atoms with van der Waals surface area (Å²) in [4.78, 5) is 12.3. The van der Waals surface area contributed by atoms with Crippen molar-refractivity contribution in [3.63, 3.8) is 0 Å². The van der Waals surface area contributed by atoms with Gasteiger partial charge in [-0.1, -0.05) is 29.3 Å². The Balaban J connectivity index is 1.84. The van der Waals surface area contributed by atoms with Crippen molar-refractivity contribution >= 4 is 15.9 Å². The minimum atomic E-state index is -3.69. The van der Waals surface area contributed by atoms with Gasteiger partial charge in [-0.3, -0.25) is 4.79 Å². The van der Waals surface area contributed by atoms with Gasteiger partial charge in [-0.05, 0) is 58.1 Å². The highest BCUT2D eigenvalue weighted by Gasteiger charge is 2.21. The Morgan fingerprint density at radius 1 is 1.21 bits per heavy atom. The van der Waals surface area contributed by atoms with Gasteiger partial charge in [0.15, 0.2) is 0 Å². The van der Waals surface area contributed by atoms with Gasteiger partial charge in [0.05, 0.1) is 10.9 Å². The normalized spacial score (nSPS) is 16.3. The molecule has 0 radical (unpaired) electrons. The molecule has 1 aromatic carbocycles. The summed E-state index contributed by atoms with van der Waals surface area (Å²) in [5.41, 5.74) is 2.37. The molecule has 5 nitrogen and oxygen atoms in total. The average Bonchev–Trinajstić information content (AvgIpc) is 2.55. The van der Waals surface area contributed by atoms with Crippen LogP contribution >= 0.6 is 0 Å². The summed E-state index contributed by atoms with van der Waals surface area (Å²) < 4.78 is 27.0. The first-order valence-electron chi connectivity index (χ1n) is 8.43. The van der Waals surface area contributed by atoms with E-state index in [1.807, 2.05) is 6.92 Å². The molecule has 0 saturated heterocycles. The summed E-state index contributed by atoms with van der Waals surface area (Å²) in [6.07, 6.45) is 7.77. The second kappa shape index (κ2) is 8.44. The molecule has 132 valence electrons. The van der Waals surface area contributed by atoms with Gasteiger partial charge in [0.1, 0.15) is 0 Å². The SMILES string of the molecule is Cc1ccc(S(=O)(=O)N[C@H](C)C(=O)NCCC2=CCCCC2)cc1. The van der Waals surface area contributed by atoms with Crippen LogP contribution in [0.5, 0.6) is 0 Å². The average molecular weight is 350 g/mol. The number of aryl methyl sites for hydroxylation is 1. The highest BCUT2D eigenvalue weighted by Crippen LogP contribution is 2.19. The third kappa shape index (κ3) is 5.46. The Morgan fingerprint density at radius 3 is 2.54 bits per heavy atom. The molecule has 1 amide bonds. The van der Waals surface area contributed by atoms with Gasteiger partial charge < -0.3 is 5.32 Å². The van der Waals surface area contributed by atoms with Crippen LogP contribution in [0, 0.1) is 6.92 Å². The van der Waals surface area contributed by atoms with Gasteiger partial charge in [-0.25, -0.2) is 8.42 Å². The summed E-state index contributed by atoms with van der Waals surface area (Å²) in [6.45, 7) is 3.99. The Bertz CT molecular complexity index is 693. The zero-order chi connectivity index (χ0) is 17.6. The highest BCUT2D eigenvalue weighted by atomic mass is 32.2. The van der Waals surface area contributed by atoms with E-state index in [9.17, 15) is 13.2 Å². The van der Waals surface area contributed by atoms with Crippen LogP contribution in [0.4, 0.5) is 0 Å². The van der Waals surface area contributed by atoms with Crippen molar-refractivity contribution in [2.75, 3.05) is 6.54 Å². The fourth-order valence-electron chi connectivity index (χ4n) is 2.70. The van der Waals surface area contributed by atoms with Crippen LogP contribution in [0.15, 0.2) is 40.8 Å². The number of amides is 1. The molecule has 2 rings (SSSR count). The molecule has 0 aromatic heterocycles. The standard InChI is InChI=1S/C18H26N2O3S/c1-14-8-10-17(11-9-14)24(22,23)20-15(2)18(21)19-13-12-16-6-4-3-5-7-16/h6,8-11,15,20H,3-5,7,12-13H2,1-2H3,(H,19,21)/t15-/m1/s1. The lowest BCUT2D eigenvalue weighted by molar-refractivity contribution is -0.122. The molecule has 0 bridgehead atoms. The summed E-state index contributed by atoms with van der Waals surface area (Å²) >= 11 is 0. The number of sulfonamides is 1. The van der Waals surface area contributed by atoms with Gasteiger partial charge in [-0.15, -0.1) is 0 Å². The van der Waals surface area contributed by atoms with E-state index in [1.165, 1.54) is 30.5 Å². The lowest BCUT2D eigenvalue weighted by Gasteiger charge is -2.16. The molecule has 0 heterocycles. The maximum absolute atomic E-state index is 12.3. The third-order valence-electron chi connectivity index (χ3n) is 4.19. The number of hydrogen-bond acceptors (Lipinski definition) is 3. The maximum atomic E-state index is 12.3. The molecule has 0 spiro atoms. The number of carbonyl (C=O) groups is 1. The first-order valence-corrected chi connectivity index (χ1v) is 9.91. The van der Waals surface area contributed by atoms with Crippen molar-refractivity contribution in [2.45, 2.75) is 56.9 Å². The van der Waals surface area contributed by atoms with Gasteiger partial charge in [0.25, 0.3) is 0 Å². The van der Waals surface area contributed by atoms with Crippen LogP contribution in [0.3, 0.4) is 0 Å². The molecule has 0 fully saturated rings. The van der Waals surface area contributed by atoms with Crippen molar-refractivity contribution in [1.29, 1.82) is 0 Å².